The number of rotatable bonds is 7. The second kappa shape index (κ2) is 9.03. The molecule has 1 fully saturated rings. The zero-order valence-corrected chi connectivity index (χ0v) is 15.3. The number of anilines is 1. The van der Waals surface area contributed by atoms with Gasteiger partial charge in [-0.1, -0.05) is 0 Å². The maximum absolute atomic E-state index is 12.3. The first-order chi connectivity index (χ1) is 13.5. The van der Waals surface area contributed by atoms with Crippen LogP contribution in [0.2, 0.25) is 0 Å². The highest BCUT2D eigenvalue weighted by atomic mass is 16.6. The van der Waals surface area contributed by atoms with Gasteiger partial charge in [0.05, 0.1) is 24.3 Å². The summed E-state index contributed by atoms with van der Waals surface area (Å²) >= 11 is 0. The molecule has 0 bridgehead atoms. The van der Waals surface area contributed by atoms with Crippen molar-refractivity contribution in [1.82, 2.24) is 10.6 Å². The van der Waals surface area contributed by atoms with Crippen molar-refractivity contribution in [3.05, 3.63) is 58.0 Å². The number of carbonyl (C=O) groups is 2. The summed E-state index contributed by atoms with van der Waals surface area (Å²) in [6, 6.07) is 7.86. The number of nitro groups is 1. The van der Waals surface area contributed by atoms with Crippen molar-refractivity contribution in [3.63, 3.8) is 0 Å². The molecule has 3 rings (SSSR count). The molecule has 1 aromatic heterocycles. The van der Waals surface area contributed by atoms with Gasteiger partial charge in [0.2, 0.25) is 5.91 Å². The Bertz CT molecular complexity index is 844. The molecular formula is C19H22N4O5. The number of nitrogens with one attached hydrogen (secondary N) is 2. The molecule has 9 nitrogen and oxygen atoms in total. The minimum Gasteiger partial charge on any atom is -0.467 e. The Kier molecular flexibility index (Phi) is 6.25. The van der Waals surface area contributed by atoms with Gasteiger partial charge in [-0.25, -0.2) is 0 Å². The Morgan fingerprint density at radius 2 is 1.93 bits per heavy atom. The van der Waals surface area contributed by atoms with Crippen LogP contribution in [0.1, 0.15) is 35.4 Å². The first-order valence-electron chi connectivity index (χ1n) is 9.15. The van der Waals surface area contributed by atoms with Crippen LogP contribution >= 0.6 is 0 Å². The van der Waals surface area contributed by atoms with Crippen LogP contribution in [0.15, 0.2) is 41.0 Å². The molecule has 2 aromatic rings. The SMILES string of the molecule is O=C(CNC(=O)c1ccc(N2CCCCC2)c([N+](=O)[O-])c1)NCc1ccco1. The van der Waals surface area contributed by atoms with Crippen LogP contribution in [0.5, 0.6) is 0 Å². The minimum atomic E-state index is -0.540. The van der Waals surface area contributed by atoms with Crippen molar-refractivity contribution in [1.29, 1.82) is 0 Å². The fraction of sp³-hybridized carbons (Fsp3) is 0.368. The molecule has 0 atom stereocenters. The summed E-state index contributed by atoms with van der Waals surface area (Å²) in [5.74, 6) is -0.325. The Morgan fingerprint density at radius 1 is 1.14 bits per heavy atom. The summed E-state index contributed by atoms with van der Waals surface area (Å²) in [7, 11) is 0. The molecule has 1 aliphatic heterocycles. The first-order valence-corrected chi connectivity index (χ1v) is 9.15. The number of amides is 2. The monoisotopic (exact) mass is 386 g/mol. The fourth-order valence-electron chi connectivity index (χ4n) is 3.14. The smallest absolute Gasteiger partial charge is 0.293 e. The van der Waals surface area contributed by atoms with Crippen LogP contribution in [0, 0.1) is 10.1 Å². The van der Waals surface area contributed by atoms with E-state index in [0.29, 0.717) is 11.4 Å². The number of piperidine rings is 1. The van der Waals surface area contributed by atoms with E-state index in [-0.39, 0.29) is 30.2 Å². The predicted molar refractivity (Wildman–Crippen MR) is 102 cm³/mol. The molecule has 28 heavy (non-hydrogen) atoms. The van der Waals surface area contributed by atoms with Gasteiger partial charge in [0.1, 0.15) is 11.4 Å². The number of hydrogen-bond donors (Lipinski definition) is 2. The van der Waals surface area contributed by atoms with Gasteiger partial charge in [-0.2, -0.15) is 0 Å². The normalized spacial score (nSPS) is 13.8. The van der Waals surface area contributed by atoms with E-state index in [1.807, 2.05) is 4.90 Å². The second-order valence-corrected chi connectivity index (χ2v) is 6.55. The summed E-state index contributed by atoms with van der Waals surface area (Å²) in [4.78, 5) is 37.1. The van der Waals surface area contributed by atoms with Crippen LogP contribution in [0.25, 0.3) is 0 Å². The second-order valence-electron chi connectivity index (χ2n) is 6.55. The van der Waals surface area contributed by atoms with Gasteiger partial charge in [-0.05, 0) is 43.5 Å². The van der Waals surface area contributed by atoms with Crippen molar-refractivity contribution in [2.45, 2.75) is 25.8 Å². The lowest BCUT2D eigenvalue weighted by atomic mass is 10.1. The molecule has 0 unspecified atom stereocenters. The standard InChI is InChI=1S/C19H22N4O5/c24-18(20-12-15-5-4-10-28-15)13-21-19(25)14-6-7-16(17(11-14)23(26)27)22-8-2-1-3-9-22/h4-7,10-11H,1-3,8-9,12-13H2,(H,20,24)(H,21,25). The van der Waals surface area contributed by atoms with Gasteiger partial charge >= 0.3 is 0 Å². The van der Waals surface area contributed by atoms with E-state index in [4.69, 9.17) is 4.42 Å². The van der Waals surface area contributed by atoms with Gasteiger partial charge in [-0.3, -0.25) is 19.7 Å². The molecule has 148 valence electrons. The molecule has 1 aliphatic rings. The van der Waals surface area contributed by atoms with E-state index in [2.05, 4.69) is 10.6 Å². The maximum atomic E-state index is 12.3. The van der Waals surface area contributed by atoms with Crippen molar-refractivity contribution in [3.8, 4) is 0 Å². The highest BCUT2D eigenvalue weighted by Crippen LogP contribution is 2.31. The third kappa shape index (κ3) is 4.87. The molecule has 0 spiro atoms. The Balaban J connectivity index is 1.60. The van der Waals surface area contributed by atoms with Crippen molar-refractivity contribution >= 4 is 23.2 Å². The van der Waals surface area contributed by atoms with Gasteiger partial charge in [0.25, 0.3) is 11.6 Å². The summed E-state index contributed by atoms with van der Waals surface area (Å²) in [5.41, 5.74) is 0.570. The Hall–Kier alpha value is -3.36. The predicted octanol–water partition coefficient (Wildman–Crippen LogP) is 2.22. The molecule has 1 aromatic carbocycles. The van der Waals surface area contributed by atoms with Crippen molar-refractivity contribution < 1.29 is 18.9 Å². The number of nitro benzene ring substituents is 1. The summed E-state index contributed by atoms with van der Waals surface area (Å²) in [6.45, 7) is 1.52. The van der Waals surface area contributed by atoms with Gasteiger partial charge < -0.3 is 20.0 Å². The average molecular weight is 386 g/mol. The molecule has 0 radical (unpaired) electrons. The average Bonchev–Trinajstić information content (AvgIpc) is 3.24. The lowest BCUT2D eigenvalue weighted by Crippen LogP contribution is -2.36. The molecule has 1 saturated heterocycles. The van der Waals surface area contributed by atoms with Gasteiger partial charge in [0.15, 0.2) is 0 Å². The number of carbonyl (C=O) groups excluding carboxylic acids is 2. The lowest BCUT2D eigenvalue weighted by Gasteiger charge is -2.28. The molecule has 2 N–H and O–H groups in total. The molecular weight excluding hydrogens is 364 g/mol. The minimum absolute atomic E-state index is 0.100. The number of benzene rings is 1. The van der Waals surface area contributed by atoms with Crippen LogP contribution in [-0.2, 0) is 11.3 Å². The Morgan fingerprint density at radius 3 is 2.61 bits per heavy atom. The molecule has 2 heterocycles. The highest BCUT2D eigenvalue weighted by Gasteiger charge is 2.23. The molecule has 2 amide bonds. The van der Waals surface area contributed by atoms with Crippen LogP contribution in [0.4, 0.5) is 11.4 Å². The first kappa shape index (κ1) is 19.4. The van der Waals surface area contributed by atoms with Gasteiger partial charge in [0, 0.05) is 24.7 Å². The Labute approximate surface area is 161 Å². The molecule has 0 saturated carbocycles. The molecule has 0 aliphatic carbocycles. The largest absolute Gasteiger partial charge is 0.467 e. The van der Waals surface area contributed by atoms with Crippen molar-refractivity contribution in [2.75, 3.05) is 24.5 Å². The fourth-order valence-corrected chi connectivity index (χ4v) is 3.14. The van der Waals surface area contributed by atoms with E-state index in [9.17, 15) is 19.7 Å². The highest BCUT2D eigenvalue weighted by molar-refractivity contribution is 5.97. The summed E-state index contributed by atoms with van der Waals surface area (Å²) < 4.78 is 5.11. The topological polar surface area (TPSA) is 118 Å². The molecule has 9 heteroatoms. The van der Waals surface area contributed by atoms with Crippen LogP contribution in [0.3, 0.4) is 0 Å². The van der Waals surface area contributed by atoms with Crippen LogP contribution < -0.4 is 15.5 Å². The zero-order chi connectivity index (χ0) is 19.9. The van der Waals surface area contributed by atoms with Crippen molar-refractivity contribution in [2.24, 2.45) is 0 Å². The maximum Gasteiger partial charge on any atom is 0.293 e. The third-order valence-corrected chi connectivity index (χ3v) is 4.58. The summed E-state index contributed by atoms with van der Waals surface area (Å²) in [5, 5.41) is 16.6. The van der Waals surface area contributed by atoms with E-state index in [1.165, 1.54) is 12.3 Å². The van der Waals surface area contributed by atoms with Gasteiger partial charge in [-0.15, -0.1) is 0 Å². The number of furan rings is 1. The zero-order valence-electron chi connectivity index (χ0n) is 15.3. The number of hydrogen-bond acceptors (Lipinski definition) is 6. The van der Waals surface area contributed by atoms with E-state index in [1.54, 1.807) is 24.3 Å². The summed E-state index contributed by atoms with van der Waals surface area (Å²) in [6.07, 6.45) is 4.61. The van der Waals surface area contributed by atoms with E-state index in [0.717, 1.165) is 32.4 Å². The number of nitrogens with zero attached hydrogens (tertiary/aromatic N) is 2. The van der Waals surface area contributed by atoms with E-state index < -0.39 is 10.8 Å². The third-order valence-electron chi connectivity index (χ3n) is 4.58. The quantitative estimate of drug-likeness (QED) is 0.556. The lowest BCUT2D eigenvalue weighted by molar-refractivity contribution is -0.384. The van der Waals surface area contributed by atoms with Crippen LogP contribution in [-0.4, -0.2) is 36.4 Å². The van der Waals surface area contributed by atoms with E-state index >= 15 is 0 Å².